The molecule has 0 N–H and O–H groups in total. The summed E-state index contributed by atoms with van der Waals surface area (Å²) in [5.41, 5.74) is 0. The van der Waals surface area contributed by atoms with Gasteiger partial charge in [0.2, 0.25) is 0 Å². The van der Waals surface area contributed by atoms with Crippen LogP contribution in [0.1, 0.15) is 38.9 Å². The number of carbonyl (C=O) groups is 1. The van der Waals surface area contributed by atoms with Crippen molar-refractivity contribution >= 4 is 5.97 Å². The predicted molar refractivity (Wildman–Crippen MR) is 58.5 cm³/mol. The number of rotatable bonds is 7. The van der Waals surface area contributed by atoms with Gasteiger partial charge in [0.05, 0.1) is 13.1 Å². The summed E-state index contributed by atoms with van der Waals surface area (Å²) in [6, 6.07) is 0. The van der Waals surface area contributed by atoms with Crippen LogP contribution in [0.3, 0.4) is 0 Å². The molecule has 0 aliphatic carbocycles. The van der Waals surface area contributed by atoms with E-state index in [4.69, 9.17) is 0 Å². The van der Waals surface area contributed by atoms with Crippen molar-refractivity contribution in [3.05, 3.63) is 18.2 Å². The van der Waals surface area contributed by atoms with Crippen molar-refractivity contribution in [3.8, 4) is 0 Å². The molecule has 0 amide bonds. The monoisotopic (exact) mass is 224 g/mol. The van der Waals surface area contributed by atoms with Crippen LogP contribution in [0.25, 0.3) is 0 Å². The summed E-state index contributed by atoms with van der Waals surface area (Å²) in [6.45, 7) is 5.77. The lowest BCUT2D eigenvalue weighted by Gasteiger charge is -2.03. The first-order valence-corrected chi connectivity index (χ1v) is 5.96. The normalized spacial score (nSPS) is 10.6. The van der Waals surface area contributed by atoms with Crippen molar-refractivity contribution in [1.29, 1.82) is 0 Å². The molecular weight excluding hydrogens is 204 g/mol. The highest BCUT2D eigenvalue weighted by Crippen LogP contribution is 2.00. The Morgan fingerprint density at radius 3 is 2.81 bits per heavy atom. The summed E-state index contributed by atoms with van der Waals surface area (Å²) < 4.78 is 4.21. The second-order valence-electron chi connectivity index (χ2n) is 3.93. The Morgan fingerprint density at radius 1 is 1.50 bits per heavy atom. The topological polar surface area (TPSA) is 48.9 Å². The number of carbonyl (C=O) groups excluding carboxylic acids is 1. The summed E-state index contributed by atoms with van der Waals surface area (Å²) in [7, 11) is 0. The number of aromatic nitrogens is 2. The number of hydrogen-bond acceptors (Lipinski definition) is 2. The molecule has 0 aliphatic rings. The van der Waals surface area contributed by atoms with Crippen LogP contribution in [0.5, 0.6) is 0 Å². The molecule has 90 valence electrons. The van der Waals surface area contributed by atoms with Gasteiger partial charge in [-0.15, -0.1) is 0 Å². The van der Waals surface area contributed by atoms with E-state index in [1.54, 1.807) is 0 Å². The third-order valence-electron chi connectivity index (χ3n) is 2.72. The molecule has 0 aromatic carbocycles. The summed E-state index contributed by atoms with van der Waals surface area (Å²) in [5.74, 6) is 0.200. The van der Waals surface area contributed by atoms with Crippen molar-refractivity contribution < 1.29 is 14.5 Å². The molecular formula is C12H20N2O2. The predicted octanol–water partition coefficient (Wildman–Crippen LogP) is 0.278. The Balaban J connectivity index is 2.69. The molecule has 16 heavy (non-hydrogen) atoms. The van der Waals surface area contributed by atoms with Gasteiger partial charge < -0.3 is 9.90 Å². The second-order valence-corrected chi connectivity index (χ2v) is 3.93. The number of nitrogens with zero attached hydrogens (tertiary/aromatic N) is 2. The van der Waals surface area contributed by atoms with E-state index in [-0.39, 0.29) is 6.42 Å². The van der Waals surface area contributed by atoms with Crippen LogP contribution in [0.4, 0.5) is 0 Å². The van der Waals surface area contributed by atoms with Gasteiger partial charge in [0.15, 0.2) is 0 Å². The number of aryl methyl sites for hydroxylation is 2. The lowest BCUT2D eigenvalue weighted by molar-refractivity contribution is -0.704. The molecule has 0 saturated carbocycles. The highest BCUT2D eigenvalue weighted by atomic mass is 16.4. The van der Waals surface area contributed by atoms with Crippen LogP contribution in [-0.4, -0.2) is 10.5 Å². The minimum absolute atomic E-state index is 0.0788. The standard InChI is InChI=1S/C12H20N2O2/c1-3-5-7-13-9-10-14(11(13)4-2)8-6-12(15)16/h9-10H,3-8H2,1-2H3. The molecule has 1 heterocycles. The van der Waals surface area contributed by atoms with E-state index >= 15 is 0 Å². The average molecular weight is 224 g/mol. The van der Waals surface area contributed by atoms with Gasteiger partial charge in [0, 0.05) is 18.8 Å². The second kappa shape index (κ2) is 6.30. The quantitative estimate of drug-likeness (QED) is 0.625. The summed E-state index contributed by atoms with van der Waals surface area (Å²) in [5, 5.41) is 10.4. The fourth-order valence-electron chi connectivity index (χ4n) is 1.85. The minimum atomic E-state index is -0.990. The lowest BCUT2D eigenvalue weighted by atomic mass is 10.3. The fraction of sp³-hybridized carbons (Fsp3) is 0.667. The van der Waals surface area contributed by atoms with Crippen molar-refractivity contribution in [1.82, 2.24) is 4.57 Å². The largest absolute Gasteiger partial charge is 0.550 e. The van der Waals surface area contributed by atoms with Gasteiger partial charge in [-0.2, -0.15) is 0 Å². The van der Waals surface area contributed by atoms with E-state index in [1.807, 2.05) is 17.0 Å². The van der Waals surface area contributed by atoms with Crippen LogP contribution < -0.4 is 9.67 Å². The van der Waals surface area contributed by atoms with Crippen LogP contribution >= 0.6 is 0 Å². The Hall–Kier alpha value is -1.32. The molecule has 4 nitrogen and oxygen atoms in total. The maximum atomic E-state index is 10.4. The van der Waals surface area contributed by atoms with Gasteiger partial charge in [-0.3, -0.25) is 0 Å². The first kappa shape index (κ1) is 12.7. The van der Waals surface area contributed by atoms with E-state index < -0.39 is 5.97 Å². The number of unbranched alkanes of at least 4 members (excludes halogenated alkanes) is 1. The summed E-state index contributed by atoms with van der Waals surface area (Å²) in [6.07, 6.45) is 7.31. The third-order valence-corrected chi connectivity index (χ3v) is 2.72. The van der Waals surface area contributed by atoms with E-state index in [9.17, 15) is 9.90 Å². The van der Waals surface area contributed by atoms with E-state index in [2.05, 4.69) is 18.4 Å². The number of imidazole rings is 1. The van der Waals surface area contributed by atoms with Crippen LogP contribution in [-0.2, 0) is 24.3 Å². The van der Waals surface area contributed by atoms with Crippen molar-refractivity contribution in [2.75, 3.05) is 0 Å². The third kappa shape index (κ3) is 3.36. The Labute approximate surface area is 96.5 Å². The molecule has 0 spiro atoms. The number of hydrogen-bond donors (Lipinski definition) is 0. The van der Waals surface area contributed by atoms with Gasteiger partial charge in [0.1, 0.15) is 12.4 Å². The minimum Gasteiger partial charge on any atom is -0.550 e. The molecule has 0 atom stereocenters. The Bertz CT molecular complexity index is 345. The smallest absolute Gasteiger partial charge is 0.256 e. The SMILES string of the molecule is CCCC[n+]1ccn(CCC(=O)[O-])c1CC. The molecule has 4 heteroatoms. The van der Waals surface area contributed by atoms with Crippen LogP contribution in [0, 0.1) is 0 Å². The van der Waals surface area contributed by atoms with Gasteiger partial charge >= 0.3 is 0 Å². The number of carboxylic acid groups (broad SMARTS) is 1. The van der Waals surface area contributed by atoms with Gasteiger partial charge in [-0.25, -0.2) is 9.13 Å². The Kier molecular flexibility index (Phi) is 5.02. The zero-order chi connectivity index (χ0) is 12.0. The maximum absolute atomic E-state index is 10.4. The van der Waals surface area contributed by atoms with Crippen LogP contribution in [0.2, 0.25) is 0 Å². The maximum Gasteiger partial charge on any atom is 0.256 e. The van der Waals surface area contributed by atoms with E-state index in [0.717, 1.165) is 19.4 Å². The average Bonchev–Trinajstić information content (AvgIpc) is 2.65. The molecule has 0 saturated heterocycles. The molecule has 1 rings (SSSR count). The van der Waals surface area contributed by atoms with Gasteiger partial charge in [0.25, 0.3) is 5.82 Å². The van der Waals surface area contributed by atoms with Crippen molar-refractivity contribution in [2.24, 2.45) is 0 Å². The van der Waals surface area contributed by atoms with Crippen molar-refractivity contribution in [2.45, 2.75) is 52.6 Å². The van der Waals surface area contributed by atoms with Gasteiger partial charge in [-0.1, -0.05) is 20.3 Å². The van der Waals surface area contributed by atoms with E-state index in [0.29, 0.717) is 6.54 Å². The van der Waals surface area contributed by atoms with E-state index in [1.165, 1.54) is 12.2 Å². The first-order valence-electron chi connectivity index (χ1n) is 5.96. The van der Waals surface area contributed by atoms with Crippen molar-refractivity contribution in [3.63, 3.8) is 0 Å². The number of carboxylic acids is 1. The fourth-order valence-corrected chi connectivity index (χ4v) is 1.85. The molecule has 0 unspecified atom stereocenters. The highest BCUT2D eigenvalue weighted by Gasteiger charge is 2.13. The number of aliphatic carboxylic acids is 1. The molecule has 0 fully saturated rings. The molecule has 0 aliphatic heterocycles. The lowest BCUT2D eigenvalue weighted by Crippen LogP contribution is -2.37. The Morgan fingerprint density at radius 2 is 2.25 bits per heavy atom. The molecule has 1 aromatic rings. The highest BCUT2D eigenvalue weighted by molar-refractivity contribution is 5.64. The summed E-state index contributed by atoms with van der Waals surface area (Å²) in [4.78, 5) is 10.4. The molecule has 0 radical (unpaired) electrons. The zero-order valence-electron chi connectivity index (χ0n) is 10.1. The zero-order valence-corrected chi connectivity index (χ0v) is 10.1. The van der Waals surface area contributed by atoms with Gasteiger partial charge in [-0.05, 0) is 6.42 Å². The summed E-state index contributed by atoms with van der Waals surface area (Å²) >= 11 is 0. The van der Waals surface area contributed by atoms with Crippen LogP contribution in [0.15, 0.2) is 12.4 Å². The first-order chi connectivity index (χ1) is 7.69. The molecule has 1 aromatic heterocycles. The molecule has 0 bridgehead atoms.